The molecule has 0 heterocycles. The van der Waals surface area contributed by atoms with Crippen molar-refractivity contribution in [2.75, 3.05) is 50.5 Å². The summed E-state index contributed by atoms with van der Waals surface area (Å²) in [5.41, 5.74) is 2.86. The van der Waals surface area contributed by atoms with Gasteiger partial charge in [-0.05, 0) is 108 Å². The number of β-amino-alcohol motifs (C(OH)–C–C–N with tert-alkyl or cyclic N) is 1. The zero-order valence-electron chi connectivity index (χ0n) is 31.7. The van der Waals surface area contributed by atoms with Gasteiger partial charge >= 0.3 is 6.03 Å². The topological polar surface area (TPSA) is 182 Å². The van der Waals surface area contributed by atoms with Crippen molar-refractivity contribution in [3.05, 3.63) is 77.4 Å². The lowest BCUT2D eigenvalue weighted by Gasteiger charge is -2.23. The van der Waals surface area contributed by atoms with Crippen molar-refractivity contribution in [3.63, 3.8) is 0 Å². The molecule has 3 aromatic rings. The number of rotatable bonds is 18. The summed E-state index contributed by atoms with van der Waals surface area (Å²) in [7, 11) is 1.64. The van der Waals surface area contributed by atoms with Crippen molar-refractivity contribution >= 4 is 29.6 Å². The van der Waals surface area contributed by atoms with Crippen LogP contribution in [0.2, 0.25) is 0 Å². The summed E-state index contributed by atoms with van der Waals surface area (Å²) in [6.07, 6.45) is -0.137. The maximum Gasteiger partial charge on any atom is 0.321 e. The highest BCUT2D eigenvalue weighted by Crippen LogP contribution is 2.27. The zero-order valence-corrected chi connectivity index (χ0v) is 31.7. The summed E-state index contributed by atoms with van der Waals surface area (Å²) in [6.45, 7) is 15.4. The van der Waals surface area contributed by atoms with Crippen LogP contribution in [0, 0.1) is 0 Å². The number of aliphatic hydroxyl groups excluding tert-OH is 2. The van der Waals surface area contributed by atoms with Gasteiger partial charge in [0.05, 0.1) is 24.5 Å². The molecule has 3 atom stereocenters. The number of carbonyl (C=O) groups excluding carboxylic acids is 3. The van der Waals surface area contributed by atoms with Gasteiger partial charge in [-0.15, -0.1) is 0 Å². The number of benzene rings is 3. The number of aliphatic hydroxyl groups is 2. The van der Waals surface area contributed by atoms with E-state index in [4.69, 9.17) is 9.47 Å². The van der Waals surface area contributed by atoms with Crippen LogP contribution in [0.4, 0.5) is 16.2 Å². The molecule has 0 fully saturated rings. The number of carbonyl (C=O) groups is 3. The third-order valence-electron chi connectivity index (χ3n) is 7.94. The Bertz CT molecular complexity index is 1560. The van der Waals surface area contributed by atoms with E-state index in [1.54, 1.807) is 42.3 Å². The molecule has 13 heteroatoms. The van der Waals surface area contributed by atoms with Gasteiger partial charge in [0.2, 0.25) is 6.41 Å². The Balaban J connectivity index is 0.000000361. The molecular formula is C39H57N5O8. The number of methoxy groups -OCH3 is 1. The third kappa shape index (κ3) is 15.3. The predicted molar refractivity (Wildman–Crippen MR) is 205 cm³/mol. The van der Waals surface area contributed by atoms with Crippen molar-refractivity contribution in [3.8, 4) is 17.2 Å². The zero-order chi connectivity index (χ0) is 38.8. The predicted octanol–water partition coefficient (Wildman–Crippen LogP) is 5.11. The molecule has 0 aliphatic rings. The van der Waals surface area contributed by atoms with Crippen molar-refractivity contribution in [1.29, 1.82) is 0 Å². The van der Waals surface area contributed by atoms with Crippen LogP contribution in [0.25, 0.3) is 0 Å². The molecule has 0 aliphatic carbocycles. The summed E-state index contributed by atoms with van der Waals surface area (Å²) in [5, 5.41) is 41.7. The van der Waals surface area contributed by atoms with E-state index in [0.717, 1.165) is 12.2 Å². The van der Waals surface area contributed by atoms with Gasteiger partial charge < -0.3 is 51.0 Å². The van der Waals surface area contributed by atoms with E-state index in [1.165, 1.54) is 18.6 Å². The molecule has 0 spiro atoms. The highest BCUT2D eigenvalue weighted by atomic mass is 16.5. The number of ketones is 1. The number of phenolic OH excluding ortho intramolecular Hbond substituents is 1. The van der Waals surface area contributed by atoms with Gasteiger partial charge in [-0.2, -0.15) is 0 Å². The number of aromatic hydroxyl groups is 1. The Kier molecular flexibility index (Phi) is 18.1. The van der Waals surface area contributed by atoms with Gasteiger partial charge in [-0.25, -0.2) is 4.79 Å². The number of amides is 3. The molecule has 0 saturated heterocycles. The van der Waals surface area contributed by atoms with E-state index in [1.807, 2.05) is 65.8 Å². The Hall–Kier alpha value is -4.69. The molecule has 0 bridgehead atoms. The average molecular weight is 724 g/mol. The lowest BCUT2D eigenvalue weighted by atomic mass is 10.1. The minimum absolute atomic E-state index is 0.0381. The summed E-state index contributed by atoms with van der Waals surface area (Å²) in [5.74, 6) is 1.00. The number of ether oxygens (including phenoxy) is 2. The monoisotopic (exact) mass is 723 g/mol. The van der Waals surface area contributed by atoms with Crippen LogP contribution >= 0.6 is 0 Å². The van der Waals surface area contributed by atoms with Crippen LogP contribution in [-0.4, -0.2) is 96.0 Å². The van der Waals surface area contributed by atoms with Crippen LogP contribution in [0.15, 0.2) is 60.7 Å². The number of hydrogen-bond donors (Lipinski definition) is 7. The molecule has 0 radical (unpaired) electrons. The Labute approximate surface area is 307 Å². The van der Waals surface area contributed by atoms with Gasteiger partial charge in [-0.1, -0.05) is 18.2 Å². The molecule has 0 aromatic heterocycles. The first-order valence-electron chi connectivity index (χ1n) is 17.4. The minimum Gasteiger partial charge on any atom is -0.506 e. The third-order valence-corrected chi connectivity index (χ3v) is 7.94. The molecule has 3 aromatic carbocycles. The second-order valence-electron chi connectivity index (χ2n) is 13.4. The molecule has 7 N–H and O–H groups in total. The Morgan fingerprint density at radius 2 is 1.63 bits per heavy atom. The average Bonchev–Trinajstić information content (AvgIpc) is 3.11. The number of anilines is 2. The first kappa shape index (κ1) is 43.5. The fraction of sp³-hybridized carbons (Fsp3) is 0.462. The number of Topliss-reactive ketones (excluding diaryl/α,β-unsaturated/α-hetero) is 1. The maximum absolute atomic E-state index is 12.2. The van der Waals surface area contributed by atoms with E-state index < -0.39 is 12.2 Å². The lowest BCUT2D eigenvalue weighted by molar-refractivity contribution is -0.105. The molecule has 3 rings (SSSR count). The number of hydrogen-bond acceptors (Lipinski definition) is 10. The first-order valence-corrected chi connectivity index (χ1v) is 17.4. The lowest BCUT2D eigenvalue weighted by Crippen LogP contribution is -2.42. The second kappa shape index (κ2) is 21.6. The van der Waals surface area contributed by atoms with E-state index in [-0.39, 0.29) is 41.4 Å². The molecule has 13 nitrogen and oxygen atoms in total. The van der Waals surface area contributed by atoms with Crippen LogP contribution in [0.3, 0.4) is 0 Å². The normalized spacial score (nSPS) is 12.7. The van der Waals surface area contributed by atoms with Crippen LogP contribution in [0.5, 0.6) is 17.2 Å². The Morgan fingerprint density at radius 1 is 0.962 bits per heavy atom. The van der Waals surface area contributed by atoms with Gasteiger partial charge in [0.25, 0.3) is 0 Å². The molecule has 0 aliphatic heterocycles. The summed E-state index contributed by atoms with van der Waals surface area (Å²) in [4.78, 5) is 36.3. The van der Waals surface area contributed by atoms with E-state index in [9.17, 15) is 29.7 Å². The standard InChI is InChI=1S/C20H33N3O4.C19H24N2O4/c1-7-23(8-2)19(26)22-15-9-10-18(17(11-15)14(3)24)27-13-16(25)12-21-20(4,5)6;1-13(9-14-3-6-16(25-2)7-4-14)20-11-19(24)15-5-8-18(23)17(10-15)21-12-22/h9-11,16,21,25H,7-8,12-13H2,1-6H3,(H,22,26);3-8,10,12-13,19-20,23-24H,9,11H2,1-2H3,(H,21,22)/t;13-,19+/m.1/s1. The summed E-state index contributed by atoms with van der Waals surface area (Å²) < 4.78 is 10.8. The van der Waals surface area contributed by atoms with Crippen molar-refractivity contribution in [2.45, 2.75) is 78.7 Å². The maximum atomic E-state index is 12.2. The van der Waals surface area contributed by atoms with E-state index >= 15 is 0 Å². The molecule has 3 amide bonds. The second-order valence-corrected chi connectivity index (χ2v) is 13.4. The Morgan fingerprint density at radius 3 is 2.21 bits per heavy atom. The summed E-state index contributed by atoms with van der Waals surface area (Å²) in [6, 6.07) is 17.4. The van der Waals surface area contributed by atoms with Gasteiger partial charge in [0, 0.05) is 43.4 Å². The fourth-order valence-electron chi connectivity index (χ4n) is 4.95. The van der Waals surface area contributed by atoms with Crippen LogP contribution in [0.1, 0.15) is 76.1 Å². The van der Waals surface area contributed by atoms with Crippen LogP contribution in [-0.2, 0) is 11.2 Å². The molecule has 52 heavy (non-hydrogen) atoms. The minimum atomic E-state index is -0.744. The van der Waals surface area contributed by atoms with Gasteiger partial charge in [0.1, 0.15) is 30.0 Å². The number of urea groups is 1. The van der Waals surface area contributed by atoms with E-state index in [2.05, 4.69) is 21.3 Å². The molecule has 286 valence electrons. The number of phenols is 1. The molecular weight excluding hydrogens is 666 g/mol. The number of nitrogens with one attached hydrogen (secondary N) is 4. The molecule has 0 saturated carbocycles. The van der Waals surface area contributed by atoms with Crippen molar-refractivity contribution in [2.24, 2.45) is 0 Å². The van der Waals surface area contributed by atoms with Gasteiger partial charge in [-0.3, -0.25) is 9.59 Å². The van der Waals surface area contributed by atoms with Crippen molar-refractivity contribution in [1.82, 2.24) is 15.5 Å². The highest BCUT2D eigenvalue weighted by molar-refractivity contribution is 5.99. The highest BCUT2D eigenvalue weighted by Gasteiger charge is 2.17. The first-order chi connectivity index (χ1) is 24.6. The van der Waals surface area contributed by atoms with Gasteiger partial charge in [0.15, 0.2) is 5.78 Å². The number of nitrogens with zero attached hydrogens (tertiary/aromatic N) is 1. The smallest absolute Gasteiger partial charge is 0.321 e. The molecule has 1 unspecified atom stereocenters. The van der Waals surface area contributed by atoms with E-state index in [0.29, 0.717) is 55.2 Å². The summed E-state index contributed by atoms with van der Waals surface area (Å²) >= 11 is 0. The largest absolute Gasteiger partial charge is 0.506 e. The fourth-order valence-corrected chi connectivity index (χ4v) is 4.95. The van der Waals surface area contributed by atoms with Crippen molar-refractivity contribution < 1.29 is 39.2 Å². The van der Waals surface area contributed by atoms with Crippen LogP contribution < -0.4 is 30.7 Å². The SMILES string of the molecule is CCN(CC)C(=O)Nc1ccc(OCC(O)CNC(C)(C)C)c(C(C)=O)c1.COc1ccc(C[C@@H](C)NC[C@H](O)c2ccc(O)c(NC=O)c2)cc1. The quantitative estimate of drug-likeness (QED) is 0.0529.